The maximum Gasteiger partial charge on any atom is 0.215 e. The van der Waals surface area contributed by atoms with Gasteiger partial charge in [0, 0.05) is 29.6 Å². The number of nitrogens with zero attached hydrogens (tertiary/aromatic N) is 1. The van der Waals surface area contributed by atoms with Gasteiger partial charge in [0.15, 0.2) is 0 Å². The van der Waals surface area contributed by atoms with E-state index in [1.165, 1.54) is 7.05 Å². The molecule has 1 heterocycles. The Morgan fingerprint density at radius 2 is 1.95 bits per heavy atom. The number of hydrogen-bond acceptors (Lipinski definition) is 3. The highest BCUT2D eigenvalue weighted by Crippen LogP contribution is 2.24. The predicted molar refractivity (Wildman–Crippen MR) is 82.2 cm³/mol. The van der Waals surface area contributed by atoms with Crippen LogP contribution in [0.3, 0.4) is 0 Å². The number of benzene rings is 1. The number of likely N-dealkylation sites (N-methyl/N-ethyl adjacent to an activating group) is 1. The first kappa shape index (κ1) is 15.0. The molecule has 0 fully saturated rings. The van der Waals surface area contributed by atoms with Gasteiger partial charge < -0.3 is 9.88 Å². The number of aromatic nitrogens is 1. The monoisotopic (exact) mass is 295 g/mol. The summed E-state index contributed by atoms with van der Waals surface area (Å²) in [5.41, 5.74) is 2.86. The molecule has 2 rings (SSSR count). The van der Waals surface area contributed by atoms with Gasteiger partial charge in [-0.3, -0.25) is 0 Å². The molecule has 0 atom stereocenters. The largest absolute Gasteiger partial charge is 0.358 e. The average Bonchev–Trinajstić information content (AvgIpc) is 2.74. The summed E-state index contributed by atoms with van der Waals surface area (Å²) in [5.74, 6) is 0.0102. The highest BCUT2D eigenvalue weighted by Gasteiger charge is 2.17. The van der Waals surface area contributed by atoms with Crippen LogP contribution in [0.25, 0.3) is 10.9 Å². The molecule has 0 bridgehead atoms. The van der Waals surface area contributed by atoms with Gasteiger partial charge in [-0.1, -0.05) is 18.2 Å². The van der Waals surface area contributed by atoms with Crippen LogP contribution >= 0.6 is 0 Å². The molecule has 6 heteroatoms. The summed E-state index contributed by atoms with van der Waals surface area (Å²) < 4.78 is 26.1. The van der Waals surface area contributed by atoms with Gasteiger partial charge in [-0.2, -0.15) is 0 Å². The van der Waals surface area contributed by atoms with E-state index in [1.807, 2.05) is 38.4 Å². The van der Waals surface area contributed by atoms with E-state index in [1.54, 1.807) is 0 Å². The van der Waals surface area contributed by atoms with Crippen LogP contribution < -0.4 is 4.72 Å². The van der Waals surface area contributed by atoms with E-state index in [2.05, 4.69) is 14.6 Å². The fourth-order valence-electron chi connectivity index (χ4n) is 2.23. The molecule has 1 aromatic heterocycles. The van der Waals surface area contributed by atoms with E-state index in [9.17, 15) is 8.42 Å². The van der Waals surface area contributed by atoms with Crippen molar-refractivity contribution < 1.29 is 8.42 Å². The molecule has 0 unspecified atom stereocenters. The summed E-state index contributed by atoms with van der Waals surface area (Å²) in [6.07, 6.45) is 0.802. The van der Waals surface area contributed by atoms with E-state index in [0.29, 0.717) is 0 Å². The zero-order valence-corrected chi connectivity index (χ0v) is 12.9. The molecule has 0 aliphatic carbocycles. The number of para-hydroxylation sites is 1. The Hall–Kier alpha value is -1.37. The van der Waals surface area contributed by atoms with Crippen LogP contribution in [0.5, 0.6) is 0 Å². The lowest BCUT2D eigenvalue weighted by atomic mass is 10.1. The summed E-state index contributed by atoms with van der Waals surface area (Å²) in [4.78, 5) is 5.43. The van der Waals surface area contributed by atoms with Gasteiger partial charge in [-0.15, -0.1) is 0 Å². The van der Waals surface area contributed by atoms with E-state index in [0.717, 1.165) is 35.1 Å². The topological polar surface area (TPSA) is 65.2 Å². The van der Waals surface area contributed by atoms with Gasteiger partial charge in [0.1, 0.15) is 0 Å². The molecule has 0 amide bonds. The van der Waals surface area contributed by atoms with Gasteiger partial charge in [0.2, 0.25) is 10.0 Å². The Morgan fingerprint density at radius 3 is 2.60 bits per heavy atom. The first-order chi connectivity index (χ1) is 9.43. The SMILES string of the molecule is CNS(=O)(=O)Cc1c(CCN(C)C)[nH]c2ccccc12. The Bertz CT molecular complexity index is 690. The van der Waals surface area contributed by atoms with Crippen LogP contribution in [0.15, 0.2) is 24.3 Å². The molecule has 20 heavy (non-hydrogen) atoms. The Balaban J connectivity index is 2.44. The second kappa shape index (κ2) is 5.95. The first-order valence-corrected chi connectivity index (χ1v) is 8.22. The normalized spacial score (nSPS) is 12.4. The van der Waals surface area contributed by atoms with Gasteiger partial charge in [-0.05, 0) is 32.8 Å². The second-order valence-electron chi connectivity index (χ2n) is 5.14. The van der Waals surface area contributed by atoms with Crippen molar-refractivity contribution in [3.8, 4) is 0 Å². The molecule has 0 spiro atoms. The molecule has 0 aliphatic rings. The number of nitrogens with one attached hydrogen (secondary N) is 2. The number of fused-ring (bicyclic) bond motifs is 1. The zero-order valence-electron chi connectivity index (χ0n) is 12.1. The summed E-state index contributed by atoms with van der Waals surface area (Å²) in [5, 5.41) is 0.986. The van der Waals surface area contributed by atoms with Crippen LogP contribution in [-0.2, 0) is 22.2 Å². The van der Waals surface area contributed by atoms with Crippen LogP contribution in [0, 0.1) is 0 Å². The fraction of sp³-hybridized carbons (Fsp3) is 0.429. The van der Waals surface area contributed by atoms with Crippen molar-refractivity contribution >= 4 is 20.9 Å². The maximum absolute atomic E-state index is 11.9. The van der Waals surface area contributed by atoms with Crippen LogP contribution in [0.2, 0.25) is 0 Å². The number of rotatable bonds is 6. The van der Waals surface area contributed by atoms with Crippen LogP contribution in [0.4, 0.5) is 0 Å². The third-order valence-corrected chi connectivity index (χ3v) is 4.65. The standard InChI is InChI=1S/C14H21N3O2S/c1-15-20(18,19)10-12-11-6-4-5-7-13(11)16-14(12)8-9-17(2)3/h4-7,15-16H,8-10H2,1-3H3. The quantitative estimate of drug-likeness (QED) is 0.845. The smallest absolute Gasteiger partial charge is 0.215 e. The molecule has 0 aliphatic heterocycles. The lowest BCUT2D eigenvalue weighted by Crippen LogP contribution is -2.21. The molecule has 0 radical (unpaired) electrons. The summed E-state index contributed by atoms with van der Waals surface area (Å²) >= 11 is 0. The van der Waals surface area contributed by atoms with Crippen molar-refractivity contribution in [1.82, 2.24) is 14.6 Å². The van der Waals surface area contributed by atoms with Gasteiger partial charge in [0.05, 0.1) is 5.75 Å². The average molecular weight is 295 g/mol. The number of aromatic amines is 1. The molecular weight excluding hydrogens is 274 g/mol. The van der Waals surface area contributed by atoms with Crippen molar-refractivity contribution in [1.29, 1.82) is 0 Å². The first-order valence-electron chi connectivity index (χ1n) is 6.57. The molecule has 0 saturated carbocycles. The molecule has 2 aromatic rings. The Kier molecular flexibility index (Phi) is 4.47. The van der Waals surface area contributed by atoms with Gasteiger partial charge >= 0.3 is 0 Å². The van der Waals surface area contributed by atoms with E-state index >= 15 is 0 Å². The lowest BCUT2D eigenvalue weighted by Gasteiger charge is -2.10. The molecular formula is C14H21N3O2S. The van der Waals surface area contributed by atoms with E-state index < -0.39 is 10.0 Å². The molecule has 2 N–H and O–H groups in total. The Morgan fingerprint density at radius 1 is 1.25 bits per heavy atom. The van der Waals surface area contributed by atoms with E-state index in [-0.39, 0.29) is 5.75 Å². The minimum atomic E-state index is -3.28. The number of H-pyrrole nitrogens is 1. The predicted octanol–water partition coefficient (Wildman–Crippen LogP) is 1.32. The molecule has 5 nitrogen and oxygen atoms in total. The summed E-state index contributed by atoms with van der Waals surface area (Å²) in [6, 6.07) is 7.82. The third kappa shape index (κ3) is 3.39. The van der Waals surface area contributed by atoms with Crippen LogP contribution in [-0.4, -0.2) is 46.0 Å². The van der Waals surface area contributed by atoms with Crippen molar-refractivity contribution in [2.75, 3.05) is 27.7 Å². The molecule has 1 aromatic carbocycles. The molecule has 0 saturated heterocycles. The maximum atomic E-state index is 11.9. The highest BCUT2D eigenvalue weighted by molar-refractivity contribution is 7.88. The van der Waals surface area contributed by atoms with Gasteiger partial charge in [0.25, 0.3) is 0 Å². The van der Waals surface area contributed by atoms with Gasteiger partial charge in [-0.25, -0.2) is 13.1 Å². The minimum Gasteiger partial charge on any atom is -0.358 e. The second-order valence-corrected chi connectivity index (χ2v) is 7.07. The van der Waals surface area contributed by atoms with Crippen molar-refractivity contribution in [3.63, 3.8) is 0 Å². The number of hydrogen-bond donors (Lipinski definition) is 2. The zero-order chi connectivity index (χ0) is 14.8. The third-order valence-electron chi connectivity index (χ3n) is 3.36. The van der Waals surface area contributed by atoms with Crippen molar-refractivity contribution in [2.45, 2.75) is 12.2 Å². The van der Waals surface area contributed by atoms with Crippen molar-refractivity contribution in [2.24, 2.45) is 0 Å². The van der Waals surface area contributed by atoms with Crippen molar-refractivity contribution in [3.05, 3.63) is 35.5 Å². The minimum absolute atomic E-state index is 0.0102. The fourth-order valence-corrected chi connectivity index (χ4v) is 3.09. The Labute approximate surface area is 120 Å². The molecule has 110 valence electrons. The lowest BCUT2D eigenvalue weighted by molar-refractivity contribution is 0.412. The summed E-state index contributed by atoms with van der Waals surface area (Å²) in [7, 11) is 2.18. The van der Waals surface area contributed by atoms with Crippen LogP contribution in [0.1, 0.15) is 11.3 Å². The number of sulfonamides is 1. The van der Waals surface area contributed by atoms with E-state index in [4.69, 9.17) is 0 Å². The summed E-state index contributed by atoms with van der Waals surface area (Å²) in [6.45, 7) is 0.874. The highest BCUT2D eigenvalue weighted by atomic mass is 32.2.